The number of rotatable bonds is 4. The van der Waals surface area contributed by atoms with Gasteiger partial charge in [-0.15, -0.1) is 17.5 Å². The zero-order valence-corrected chi connectivity index (χ0v) is 25.7. The van der Waals surface area contributed by atoms with E-state index in [1.807, 2.05) is 19.9 Å². The standard InChI is InChI=1S/C35H32N3O2.Pt/c1-21-15-23(3)36-33(18-21)38-30-12-8-7-11-27(30)28-14-13-26(20-31(28)38)40-35-29(24-9-5-4-6-10-24)19-25-16-22(2)17-32(39)34(25)37-35;/h7-8,11-19,24,39H,4-6,9-10H2,1-3H3;/q-1;. The quantitative estimate of drug-likeness (QED) is 0.185. The van der Waals surface area contributed by atoms with E-state index in [1.54, 1.807) is 6.07 Å². The number of aryl methyl sites for hydroxylation is 3. The molecule has 3 aromatic heterocycles. The molecule has 1 aliphatic rings. The first kappa shape index (κ1) is 27.5. The van der Waals surface area contributed by atoms with Crippen LogP contribution in [-0.2, 0) is 21.1 Å². The summed E-state index contributed by atoms with van der Waals surface area (Å²) in [7, 11) is 0. The van der Waals surface area contributed by atoms with Crippen molar-refractivity contribution < 1.29 is 30.9 Å². The van der Waals surface area contributed by atoms with E-state index in [4.69, 9.17) is 14.7 Å². The van der Waals surface area contributed by atoms with E-state index in [1.165, 1.54) is 19.3 Å². The van der Waals surface area contributed by atoms with Crippen molar-refractivity contribution in [2.24, 2.45) is 0 Å². The number of phenolic OH excluding ortho intramolecular Hbond substituents is 1. The van der Waals surface area contributed by atoms with Crippen LogP contribution in [0.25, 0.3) is 38.5 Å². The Hall–Kier alpha value is -3.69. The average Bonchev–Trinajstić information content (AvgIpc) is 3.26. The molecule has 5 nitrogen and oxygen atoms in total. The number of aromatic hydroxyl groups is 1. The summed E-state index contributed by atoms with van der Waals surface area (Å²) in [5, 5.41) is 13.9. The van der Waals surface area contributed by atoms with E-state index in [9.17, 15) is 5.11 Å². The van der Waals surface area contributed by atoms with Crippen LogP contribution in [0.1, 0.15) is 60.4 Å². The first-order valence-corrected chi connectivity index (χ1v) is 14.2. The summed E-state index contributed by atoms with van der Waals surface area (Å²) in [4.78, 5) is 9.78. The molecule has 1 saturated carbocycles. The van der Waals surface area contributed by atoms with Gasteiger partial charge in [-0.1, -0.05) is 43.0 Å². The number of fused-ring (bicyclic) bond motifs is 4. The smallest absolute Gasteiger partial charge is 0.220 e. The Morgan fingerprint density at radius 3 is 2.44 bits per heavy atom. The molecule has 3 aromatic carbocycles. The molecule has 6 heteroatoms. The van der Waals surface area contributed by atoms with Gasteiger partial charge in [0.15, 0.2) is 0 Å². The minimum atomic E-state index is 0. The topological polar surface area (TPSA) is 60.2 Å². The van der Waals surface area contributed by atoms with Gasteiger partial charge in [0.25, 0.3) is 0 Å². The first-order chi connectivity index (χ1) is 19.4. The largest absolute Gasteiger partial charge is 0.506 e. The van der Waals surface area contributed by atoms with Crippen LogP contribution in [0, 0.1) is 26.8 Å². The molecule has 0 radical (unpaired) electrons. The average molecular weight is 722 g/mol. The van der Waals surface area contributed by atoms with Crippen LogP contribution in [-0.4, -0.2) is 19.6 Å². The fourth-order valence-electron chi connectivity index (χ4n) is 6.41. The van der Waals surface area contributed by atoms with Crippen LogP contribution >= 0.6 is 0 Å². The predicted octanol–water partition coefficient (Wildman–Crippen LogP) is 9.00. The second-order valence-electron chi connectivity index (χ2n) is 11.3. The maximum Gasteiger partial charge on any atom is 0.220 e. The zero-order valence-electron chi connectivity index (χ0n) is 23.5. The third-order valence-corrected chi connectivity index (χ3v) is 8.16. The van der Waals surface area contributed by atoms with E-state index in [-0.39, 0.29) is 26.8 Å². The number of nitrogens with zero attached hydrogens (tertiary/aromatic N) is 3. The number of aromatic nitrogens is 3. The molecule has 1 aliphatic carbocycles. The normalized spacial score (nSPS) is 14.0. The van der Waals surface area contributed by atoms with Gasteiger partial charge in [0.2, 0.25) is 5.88 Å². The summed E-state index contributed by atoms with van der Waals surface area (Å²) in [6, 6.07) is 26.2. The van der Waals surface area contributed by atoms with Crippen LogP contribution in [0.2, 0.25) is 0 Å². The van der Waals surface area contributed by atoms with Crippen molar-refractivity contribution in [2.75, 3.05) is 0 Å². The van der Waals surface area contributed by atoms with Crippen molar-refractivity contribution in [1.82, 2.24) is 14.5 Å². The van der Waals surface area contributed by atoms with Gasteiger partial charge in [0.05, 0.1) is 0 Å². The molecule has 3 heterocycles. The molecule has 0 bridgehead atoms. The predicted molar refractivity (Wildman–Crippen MR) is 161 cm³/mol. The maximum absolute atomic E-state index is 10.7. The number of para-hydroxylation sites is 1. The molecule has 0 saturated heterocycles. The summed E-state index contributed by atoms with van der Waals surface area (Å²) in [5.74, 6) is 2.58. The number of hydrogen-bond acceptors (Lipinski definition) is 4. The van der Waals surface area contributed by atoms with Gasteiger partial charge in [-0.2, -0.15) is 6.07 Å². The van der Waals surface area contributed by atoms with Crippen molar-refractivity contribution >= 4 is 32.7 Å². The second kappa shape index (κ2) is 10.9. The van der Waals surface area contributed by atoms with Crippen molar-refractivity contribution in [2.45, 2.75) is 58.8 Å². The molecule has 0 unspecified atom stereocenters. The summed E-state index contributed by atoms with van der Waals surface area (Å²) in [6.45, 7) is 6.12. The monoisotopic (exact) mass is 721 g/mol. The fraction of sp³-hybridized carbons (Fsp3) is 0.257. The van der Waals surface area contributed by atoms with E-state index in [0.29, 0.717) is 23.1 Å². The molecule has 1 fully saturated rings. The van der Waals surface area contributed by atoms with Gasteiger partial charge >= 0.3 is 0 Å². The van der Waals surface area contributed by atoms with Gasteiger partial charge in [-0.05, 0) is 92.4 Å². The second-order valence-corrected chi connectivity index (χ2v) is 11.3. The third kappa shape index (κ3) is 5.02. The fourth-order valence-corrected chi connectivity index (χ4v) is 6.41. The Morgan fingerprint density at radius 1 is 0.854 bits per heavy atom. The van der Waals surface area contributed by atoms with E-state index < -0.39 is 0 Å². The van der Waals surface area contributed by atoms with Crippen molar-refractivity contribution in [3.8, 4) is 23.2 Å². The Bertz CT molecular complexity index is 1900. The molecular weight excluding hydrogens is 689 g/mol. The minimum Gasteiger partial charge on any atom is -0.506 e. The van der Waals surface area contributed by atoms with Gasteiger partial charge in [0.1, 0.15) is 17.1 Å². The molecule has 7 rings (SSSR count). The molecule has 1 N–H and O–H groups in total. The molecule has 210 valence electrons. The van der Waals surface area contributed by atoms with E-state index >= 15 is 0 Å². The van der Waals surface area contributed by atoms with Crippen LogP contribution in [0.15, 0.2) is 66.7 Å². The number of ether oxygens (including phenoxy) is 1. The third-order valence-electron chi connectivity index (χ3n) is 8.16. The Kier molecular flexibility index (Phi) is 7.34. The van der Waals surface area contributed by atoms with Crippen molar-refractivity contribution in [3.63, 3.8) is 0 Å². The maximum atomic E-state index is 10.7. The first-order valence-electron chi connectivity index (χ1n) is 14.2. The summed E-state index contributed by atoms with van der Waals surface area (Å²) in [5.41, 5.74) is 6.82. The van der Waals surface area contributed by atoms with Crippen LogP contribution in [0.4, 0.5) is 0 Å². The number of phenols is 1. The van der Waals surface area contributed by atoms with Gasteiger partial charge in [-0.3, -0.25) is 0 Å². The minimum absolute atomic E-state index is 0. The molecule has 0 spiro atoms. The number of benzene rings is 3. The Labute approximate surface area is 254 Å². The molecular formula is C35H32N3O2Pt-. The summed E-state index contributed by atoms with van der Waals surface area (Å²) in [6.07, 6.45) is 5.94. The molecule has 6 aromatic rings. The van der Waals surface area contributed by atoms with Crippen LogP contribution in [0.3, 0.4) is 0 Å². The molecule has 0 aliphatic heterocycles. The van der Waals surface area contributed by atoms with Crippen molar-refractivity contribution in [1.29, 1.82) is 0 Å². The number of hydrogen-bond donors (Lipinski definition) is 1. The molecule has 0 atom stereocenters. The number of pyridine rings is 2. The van der Waals surface area contributed by atoms with Crippen molar-refractivity contribution in [3.05, 3.63) is 95.2 Å². The van der Waals surface area contributed by atoms with E-state index in [2.05, 4.69) is 72.2 Å². The van der Waals surface area contributed by atoms with Crippen LogP contribution in [0.5, 0.6) is 17.4 Å². The van der Waals surface area contributed by atoms with Crippen LogP contribution < -0.4 is 4.74 Å². The Morgan fingerprint density at radius 2 is 1.63 bits per heavy atom. The Balaban J connectivity index is 0.00000302. The molecule has 41 heavy (non-hydrogen) atoms. The molecule has 0 amide bonds. The summed E-state index contributed by atoms with van der Waals surface area (Å²) < 4.78 is 8.76. The van der Waals surface area contributed by atoms with Gasteiger partial charge in [-0.25, -0.2) is 9.97 Å². The SMILES string of the molecule is Cc1cc(C)nc(-n2c3[c-]c(Oc4nc5c(O)cc(C)cc5cc4C4CCCCC4)ccc3c3ccccc32)c1.[Pt]. The summed E-state index contributed by atoms with van der Waals surface area (Å²) >= 11 is 0. The zero-order chi connectivity index (χ0) is 27.4. The van der Waals surface area contributed by atoms with Gasteiger partial charge < -0.3 is 14.4 Å². The van der Waals surface area contributed by atoms with Gasteiger partial charge in [0, 0.05) is 49.0 Å². The van der Waals surface area contributed by atoms with E-state index in [0.717, 1.165) is 68.2 Å².